The number of carboxylic acid groups (broad SMARTS) is 1. The molecule has 1 aromatic rings. The van der Waals surface area contributed by atoms with Crippen LogP contribution in [0.15, 0.2) is 24.3 Å². The summed E-state index contributed by atoms with van der Waals surface area (Å²) in [6, 6.07) is 3.47. The zero-order chi connectivity index (χ0) is 19.5. The Hall–Kier alpha value is -1.36. The van der Waals surface area contributed by atoms with Gasteiger partial charge in [0.2, 0.25) is 0 Å². The van der Waals surface area contributed by atoms with Gasteiger partial charge in [0.15, 0.2) is 5.60 Å². The van der Waals surface area contributed by atoms with Gasteiger partial charge in [0.1, 0.15) is 6.04 Å². The quantitative estimate of drug-likeness (QED) is 0.531. The van der Waals surface area contributed by atoms with Gasteiger partial charge < -0.3 is 15.9 Å². The molecule has 0 bridgehead atoms. The summed E-state index contributed by atoms with van der Waals surface area (Å²) < 4.78 is 60.0. The lowest BCUT2D eigenvalue weighted by molar-refractivity contribution is -0.267. The summed E-state index contributed by atoms with van der Waals surface area (Å²) in [5, 5.41) is 18.5. The maximum atomic E-state index is 13.4. The fraction of sp³-hybridized carbons (Fsp3) is 0.500. The zero-order valence-electron chi connectivity index (χ0n) is 12.9. The molecule has 142 valence electrons. The molecule has 0 aliphatic rings. The molecule has 0 fully saturated rings. The number of nitrogens with two attached hydrogens (primary N) is 1. The second-order valence-corrected chi connectivity index (χ2v) is 8.39. The van der Waals surface area contributed by atoms with Crippen molar-refractivity contribution >= 4 is 27.3 Å². The van der Waals surface area contributed by atoms with Crippen molar-refractivity contribution in [3.63, 3.8) is 0 Å². The van der Waals surface area contributed by atoms with Gasteiger partial charge in [-0.25, -0.2) is 4.21 Å². The number of carboxylic acids is 1. The number of aliphatic hydroxyl groups is 1. The van der Waals surface area contributed by atoms with E-state index in [1.165, 1.54) is 18.2 Å². The molecule has 0 heterocycles. The van der Waals surface area contributed by atoms with Crippen molar-refractivity contribution in [3.8, 4) is 0 Å². The normalized spacial score (nSPS) is 18.2. The molecular weight excluding hydrogens is 385 g/mol. The Morgan fingerprint density at radius 2 is 1.88 bits per heavy atom. The van der Waals surface area contributed by atoms with E-state index in [1.807, 2.05) is 0 Å². The molecule has 25 heavy (non-hydrogen) atoms. The Morgan fingerprint density at radius 3 is 2.36 bits per heavy atom. The van der Waals surface area contributed by atoms with Crippen LogP contribution in [0.5, 0.6) is 0 Å². The summed E-state index contributed by atoms with van der Waals surface area (Å²) in [6.45, 7) is 0. The molecule has 0 saturated heterocycles. The van der Waals surface area contributed by atoms with Crippen LogP contribution in [-0.4, -0.2) is 44.1 Å². The molecule has 0 aromatic heterocycles. The maximum absolute atomic E-state index is 13.4. The summed E-state index contributed by atoms with van der Waals surface area (Å²) in [5.74, 6) is -2.64. The Bertz CT molecular complexity index is 727. The van der Waals surface area contributed by atoms with Gasteiger partial charge in [0.05, 0.1) is 0 Å². The highest BCUT2D eigenvalue weighted by Gasteiger charge is 2.55. The number of alkyl halides is 3. The van der Waals surface area contributed by atoms with Gasteiger partial charge in [-0.3, -0.25) is 9.57 Å². The molecule has 0 amide bonds. The number of nitrogens with one attached hydrogen (secondary N) is 1. The van der Waals surface area contributed by atoms with Crippen molar-refractivity contribution in [2.45, 2.75) is 30.7 Å². The molecule has 6 nitrogen and oxygen atoms in total. The minimum absolute atomic E-state index is 0.313. The Morgan fingerprint density at radius 1 is 1.32 bits per heavy atom. The van der Waals surface area contributed by atoms with Crippen molar-refractivity contribution < 1.29 is 32.4 Å². The number of hydrogen-bond acceptors (Lipinski definition) is 5. The van der Waals surface area contributed by atoms with Gasteiger partial charge >= 0.3 is 12.1 Å². The van der Waals surface area contributed by atoms with Crippen molar-refractivity contribution in [2.75, 3.05) is 11.5 Å². The highest BCUT2D eigenvalue weighted by molar-refractivity contribution is 7.92. The summed E-state index contributed by atoms with van der Waals surface area (Å²) in [4.78, 5) is 10.6. The van der Waals surface area contributed by atoms with Crippen LogP contribution in [0.3, 0.4) is 0 Å². The third-order valence-electron chi connectivity index (χ3n) is 3.66. The summed E-state index contributed by atoms with van der Waals surface area (Å²) in [7, 11) is -3.57. The minimum atomic E-state index is -5.11. The number of aliphatic carboxylic acids is 1. The van der Waals surface area contributed by atoms with E-state index in [1.54, 1.807) is 0 Å². The molecule has 0 aliphatic carbocycles. The van der Waals surface area contributed by atoms with Crippen LogP contribution < -0.4 is 5.73 Å². The molecule has 2 unspecified atom stereocenters. The fourth-order valence-electron chi connectivity index (χ4n) is 2.08. The smallest absolute Gasteiger partial charge is 0.421 e. The Labute approximate surface area is 147 Å². The molecule has 3 atom stereocenters. The van der Waals surface area contributed by atoms with Gasteiger partial charge in [-0.05, 0) is 12.5 Å². The lowest BCUT2D eigenvalue weighted by Gasteiger charge is -2.32. The zero-order valence-corrected chi connectivity index (χ0v) is 14.5. The van der Waals surface area contributed by atoms with E-state index in [4.69, 9.17) is 27.2 Å². The van der Waals surface area contributed by atoms with Gasteiger partial charge in [-0.15, -0.1) is 0 Å². The van der Waals surface area contributed by atoms with Crippen molar-refractivity contribution in [2.24, 2.45) is 5.73 Å². The SMILES string of the molecule is N=S(=O)(CC[C@H](N)C(=O)O)CCC(O)(c1ccccc1Cl)C(F)(F)F. The Balaban J connectivity index is 2.98. The molecule has 0 radical (unpaired) electrons. The van der Waals surface area contributed by atoms with Crippen LogP contribution in [0.4, 0.5) is 13.2 Å². The molecule has 1 rings (SSSR count). The largest absolute Gasteiger partial charge is 0.480 e. The van der Waals surface area contributed by atoms with E-state index in [0.717, 1.165) is 6.07 Å². The molecular formula is C14H18ClF3N2O4S. The number of rotatable bonds is 8. The van der Waals surface area contributed by atoms with E-state index in [2.05, 4.69) is 0 Å². The average Bonchev–Trinajstić information content (AvgIpc) is 2.49. The van der Waals surface area contributed by atoms with E-state index >= 15 is 0 Å². The predicted octanol–water partition coefficient (Wildman–Crippen LogP) is 2.33. The standard InChI is InChI=1S/C14H18ClF3N2O4S/c15-10-4-2-1-3-9(10)13(23,14(16,17)18)6-8-25(20,24)7-5-11(19)12(21)22/h1-4,11,20,23H,5-8,19H2,(H,21,22)/t11-,13?,25?/m0/s1. The van der Waals surface area contributed by atoms with Crippen LogP contribution in [0.2, 0.25) is 5.02 Å². The summed E-state index contributed by atoms with van der Waals surface area (Å²) in [5.41, 5.74) is 1.26. The number of hydrogen-bond donors (Lipinski definition) is 4. The van der Waals surface area contributed by atoms with E-state index in [9.17, 15) is 27.3 Å². The van der Waals surface area contributed by atoms with Crippen LogP contribution in [0.25, 0.3) is 0 Å². The second kappa shape index (κ2) is 7.90. The van der Waals surface area contributed by atoms with Crippen molar-refractivity contribution in [1.29, 1.82) is 4.78 Å². The van der Waals surface area contributed by atoms with Crippen LogP contribution >= 0.6 is 11.6 Å². The highest BCUT2D eigenvalue weighted by atomic mass is 35.5. The highest BCUT2D eigenvalue weighted by Crippen LogP contribution is 2.44. The topological polar surface area (TPSA) is 124 Å². The first kappa shape index (κ1) is 21.7. The van der Waals surface area contributed by atoms with E-state index in [0.29, 0.717) is 0 Å². The van der Waals surface area contributed by atoms with Gasteiger partial charge in [0.25, 0.3) is 0 Å². The third kappa shape index (κ3) is 5.56. The molecule has 11 heteroatoms. The molecule has 1 aromatic carbocycles. The first-order chi connectivity index (χ1) is 11.3. The second-order valence-electron chi connectivity index (χ2n) is 5.54. The molecule has 5 N–H and O–H groups in total. The summed E-state index contributed by atoms with van der Waals surface area (Å²) in [6.07, 6.45) is -6.48. The lowest BCUT2D eigenvalue weighted by Crippen LogP contribution is -2.44. The van der Waals surface area contributed by atoms with E-state index < -0.39 is 57.0 Å². The molecule has 0 spiro atoms. The molecule has 0 saturated carbocycles. The minimum Gasteiger partial charge on any atom is -0.480 e. The van der Waals surface area contributed by atoms with Crippen molar-refractivity contribution in [1.82, 2.24) is 0 Å². The van der Waals surface area contributed by atoms with Crippen LogP contribution in [0.1, 0.15) is 18.4 Å². The van der Waals surface area contributed by atoms with Gasteiger partial charge in [-0.1, -0.05) is 29.8 Å². The van der Waals surface area contributed by atoms with Crippen molar-refractivity contribution in [3.05, 3.63) is 34.9 Å². The fourth-order valence-corrected chi connectivity index (χ4v) is 3.84. The maximum Gasteiger partial charge on any atom is 0.421 e. The lowest BCUT2D eigenvalue weighted by atomic mass is 9.90. The van der Waals surface area contributed by atoms with Crippen LogP contribution in [0, 0.1) is 4.78 Å². The number of halogens is 4. The van der Waals surface area contributed by atoms with Crippen LogP contribution in [-0.2, 0) is 20.1 Å². The first-order valence-electron chi connectivity index (χ1n) is 7.07. The molecule has 0 aliphatic heterocycles. The number of carbonyl (C=O) groups is 1. The van der Waals surface area contributed by atoms with Gasteiger partial charge in [0, 0.05) is 38.2 Å². The predicted molar refractivity (Wildman–Crippen MR) is 86.8 cm³/mol. The average molecular weight is 403 g/mol. The first-order valence-corrected chi connectivity index (χ1v) is 9.34. The number of benzene rings is 1. The monoisotopic (exact) mass is 402 g/mol. The van der Waals surface area contributed by atoms with E-state index in [-0.39, 0.29) is 11.4 Å². The van der Waals surface area contributed by atoms with Gasteiger partial charge in [-0.2, -0.15) is 13.2 Å². The third-order valence-corrected chi connectivity index (χ3v) is 5.75. The summed E-state index contributed by atoms with van der Waals surface area (Å²) >= 11 is 5.74. The Kier molecular flexibility index (Phi) is 6.85.